The zero-order valence-electron chi connectivity index (χ0n) is 5.39. The monoisotopic (exact) mass is 149 g/mol. The Morgan fingerprint density at radius 1 is 1.75 bits per heavy atom. The van der Waals surface area contributed by atoms with Gasteiger partial charge in [0.25, 0.3) is 0 Å². The number of rotatable bonds is 3. The molecule has 0 bridgehead atoms. The van der Waals surface area contributed by atoms with Crippen LogP contribution in [0.5, 0.6) is 0 Å². The summed E-state index contributed by atoms with van der Waals surface area (Å²) in [5.41, 5.74) is 0. The highest BCUT2D eigenvalue weighted by Gasteiger charge is 2.05. The van der Waals surface area contributed by atoms with Crippen LogP contribution in [-0.4, -0.2) is 19.6 Å². The topological polar surface area (TPSA) is 20.2 Å². The molecule has 0 saturated carbocycles. The number of hydrogen-bond donors (Lipinski definition) is 2. The van der Waals surface area contributed by atoms with Crippen molar-refractivity contribution < 1.29 is 4.80 Å². The summed E-state index contributed by atoms with van der Waals surface area (Å²) in [6.45, 7) is 4.02. The Kier molecular flexibility index (Phi) is 4.70. The highest BCUT2D eigenvalue weighted by molar-refractivity contribution is 7.80. The van der Waals surface area contributed by atoms with Gasteiger partial charge < -0.3 is 4.80 Å². The largest absolute Gasteiger partial charge is 0.432 e. The van der Waals surface area contributed by atoms with E-state index < -0.39 is 9.04 Å². The zero-order chi connectivity index (χ0) is 6.57. The molecule has 8 heavy (non-hydrogen) atoms. The molecule has 0 aromatic rings. The Hall–Kier alpha value is 0.527. The van der Waals surface area contributed by atoms with Crippen LogP contribution in [-0.2, 0) is 0 Å². The van der Waals surface area contributed by atoms with E-state index in [9.17, 15) is 0 Å². The van der Waals surface area contributed by atoms with Crippen molar-refractivity contribution in [3.8, 4) is 0 Å². The van der Waals surface area contributed by atoms with Crippen LogP contribution in [0.1, 0.15) is 6.92 Å². The molecule has 0 heterocycles. The van der Waals surface area contributed by atoms with Gasteiger partial charge >= 0.3 is 0 Å². The molecule has 0 aromatic carbocycles. The molecule has 0 aliphatic heterocycles. The Labute approximate surface area is 58.2 Å². The van der Waals surface area contributed by atoms with Crippen LogP contribution in [0, 0.1) is 5.92 Å². The van der Waals surface area contributed by atoms with Gasteiger partial charge in [-0.2, -0.15) is 12.6 Å². The smallest absolute Gasteiger partial charge is 0.203 e. The Bertz CT molecular complexity index is 58.4. The lowest BCUT2D eigenvalue weighted by Crippen LogP contribution is -2.11. The van der Waals surface area contributed by atoms with Crippen LogP contribution in [0.2, 0.25) is 12.6 Å². The van der Waals surface area contributed by atoms with Crippen molar-refractivity contribution in [3.05, 3.63) is 0 Å². The van der Waals surface area contributed by atoms with E-state index in [-0.39, 0.29) is 0 Å². The second-order valence-electron chi connectivity index (χ2n) is 2.23. The normalized spacial score (nSPS) is 14.6. The van der Waals surface area contributed by atoms with Gasteiger partial charge in [0.2, 0.25) is 9.04 Å². The summed E-state index contributed by atoms with van der Waals surface area (Å²) in [4.78, 5) is 8.92. The first-order valence-corrected chi connectivity index (χ1v) is 5.57. The quantitative estimate of drug-likeness (QED) is 0.456. The Morgan fingerprint density at radius 3 is 2.38 bits per heavy atom. The molecule has 0 spiro atoms. The molecular formula is C5H13OSSi. The summed E-state index contributed by atoms with van der Waals surface area (Å²) in [6, 6.07) is 0.966. The van der Waals surface area contributed by atoms with Gasteiger partial charge in [0.05, 0.1) is 0 Å². The van der Waals surface area contributed by atoms with Gasteiger partial charge in [-0.3, -0.25) is 0 Å². The molecule has 1 atom stereocenters. The van der Waals surface area contributed by atoms with Gasteiger partial charge in [-0.1, -0.05) is 6.92 Å². The van der Waals surface area contributed by atoms with Crippen molar-refractivity contribution >= 4 is 21.7 Å². The fourth-order valence-electron chi connectivity index (χ4n) is 0.569. The summed E-state index contributed by atoms with van der Waals surface area (Å²) >= 11 is 4.10. The van der Waals surface area contributed by atoms with Crippen molar-refractivity contribution in [1.29, 1.82) is 0 Å². The maximum absolute atomic E-state index is 8.92. The van der Waals surface area contributed by atoms with E-state index in [1.165, 1.54) is 0 Å². The minimum atomic E-state index is -0.995. The summed E-state index contributed by atoms with van der Waals surface area (Å²) in [5.74, 6) is 1.48. The van der Waals surface area contributed by atoms with Crippen LogP contribution in [0.3, 0.4) is 0 Å². The molecule has 1 nitrogen and oxygen atoms in total. The molecular weight excluding hydrogens is 136 g/mol. The highest BCUT2D eigenvalue weighted by Crippen LogP contribution is 2.05. The molecule has 49 valence electrons. The fourth-order valence-corrected chi connectivity index (χ4v) is 2.09. The molecule has 0 aromatic heterocycles. The van der Waals surface area contributed by atoms with Crippen LogP contribution in [0.4, 0.5) is 0 Å². The molecule has 1 radical (unpaired) electrons. The molecule has 0 aliphatic rings. The molecule has 0 saturated heterocycles. The van der Waals surface area contributed by atoms with E-state index >= 15 is 0 Å². The average molecular weight is 149 g/mol. The van der Waals surface area contributed by atoms with E-state index in [1.807, 2.05) is 6.55 Å². The molecule has 0 rings (SSSR count). The SMILES string of the molecule is CC(CS)C[Si](C)O. The fraction of sp³-hybridized carbons (Fsp3) is 1.00. The van der Waals surface area contributed by atoms with E-state index in [4.69, 9.17) is 4.80 Å². The standard InChI is InChI=1S/C5H13OSSi/c1-5(3-7)4-8(2)6/h5-7H,3-4H2,1-2H3. The van der Waals surface area contributed by atoms with Crippen molar-refractivity contribution in [2.75, 3.05) is 5.75 Å². The third kappa shape index (κ3) is 4.68. The summed E-state index contributed by atoms with van der Waals surface area (Å²) in [5, 5.41) is 0. The van der Waals surface area contributed by atoms with Gasteiger partial charge in [0, 0.05) is 0 Å². The van der Waals surface area contributed by atoms with E-state index in [1.54, 1.807) is 0 Å². The van der Waals surface area contributed by atoms with Crippen LogP contribution >= 0.6 is 12.6 Å². The van der Waals surface area contributed by atoms with Crippen LogP contribution < -0.4 is 0 Å². The van der Waals surface area contributed by atoms with Crippen molar-refractivity contribution in [2.24, 2.45) is 5.92 Å². The maximum atomic E-state index is 8.92. The molecule has 1 N–H and O–H groups in total. The number of thiol groups is 1. The lowest BCUT2D eigenvalue weighted by molar-refractivity contribution is 0.556. The van der Waals surface area contributed by atoms with Gasteiger partial charge in [-0.25, -0.2) is 0 Å². The number of hydrogen-bond acceptors (Lipinski definition) is 2. The third-order valence-electron chi connectivity index (χ3n) is 0.956. The highest BCUT2D eigenvalue weighted by atomic mass is 32.1. The van der Waals surface area contributed by atoms with E-state index in [0.29, 0.717) is 5.92 Å². The van der Waals surface area contributed by atoms with Crippen molar-refractivity contribution in [2.45, 2.75) is 19.5 Å². The lowest BCUT2D eigenvalue weighted by Gasteiger charge is -2.06. The van der Waals surface area contributed by atoms with Crippen molar-refractivity contribution in [1.82, 2.24) is 0 Å². The van der Waals surface area contributed by atoms with Gasteiger partial charge in [-0.05, 0) is 24.3 Å². The first kappa shape index (κ1) is 8.53. The molecule has 0 fully saturated rings. The predicted molar refractivity (Wildman–Crippen MR) is 41.7 cm³/mol. The third-order valence-corrected chi connectivity index (χ3v) is 2.87. The summed E-state index contributed by atoms with van der Waals surface area (Å²) in [6.07, 6.45) is 0. The van der Waals surface area contributed by atoms with Gasteiger partial charge in [-0.15, -0.1) is 0 Å². The van der Waals surface area contributed by atoms with Crippen LogP contribution in [0.25, 0.3) is 0 Å². The molecule has 0 aliphatic carbocycles. The average Bonchev–Trinajstić information content (AvgIpc) is 1.65. The first-order valence-electron chi connectivity index (χ1n) is 2.79. The summed E-state index contributed by atoms with van der Waals surface area (Å²) in [7, 11) is -0.995. The lowest BCUT2D eigenvalue weighted by atomic mass is 10.3. The minimum absolute atomic E-state index is 0.585. The Balaban J connectivity index is 3.10. The molecule has 0 amide bonds. The first-order chi connectivity index (χ1) is 3.66. The minimum Gasteiger partial charge on any atom is -0.432 e. The van der Waals surface area contributed by atoms with Gasteiger partial charge in [0.1, 0.15) is 0 Å². The zero-order valence-corrected chi connectivity index (χ0v) is 7.28. The second-order valence-corrected chi connectivity index (χ2v) is 4.47. The molecule has 1 unspecified atom stereocenters. The van der Waals surface area contributed by atoms with Gasteiger partial charge in [0.15, 0.2) is 0 Å². The molecule has 3 heteroatoms. The van der Waals surface area contributed by atoms with E-state index in [2.05, 4.69) is 19.6 Å². The maximum Gasteiger partial charge on any atom is 0.203 e. The second kappa shape index (κ2) is 4.41. The van der Waals surface area contributed by atoms with Crippen molar-refractivity contribution in [3.63, 3.8) is 0 Å². The Morgan fingerprint density at radius 2 is 2.25 bits per heavy atom. The van der Waals surface area contributed by atoms with E-state index in [0.717, 1.165) is 11.8 Å². The summed E-state index contributed by atoms with van der Waals surface area (Å²) < 4.78 is 0. The predicted octanol–water partition coefficient (Wildman–Crippen LogP) is 1.17. The van der Waals surface area contributed by atoms with Crippen LogP contribution in [0.15, 0.2) is 0 Å².